The number of aromatic nitrogens is 2. The number of fused-ring (bicyclic) bond motifs is 1. The van der Waals surface area contributed by atoms with Crippen LogP contribution in [0.3, 0.4) is 0 Å². The van der Waals surface area contributed by atoms with Gasteiger partial charge in [0.15, 0.2) is 0 Å². The van der Waals surface area contributed by atoms with Gasteiger partial charge < -0.3 is 9.47 Å². The molecule has 7 nitrogen and oxygen atoms in total. The van der Waals surface area contributed by atoms with Crippen LogP contribution in [0.15, 0.2) is 53.0 Å². The molecule has 0 atom stereocenters. The van der Waals surface area contributed by atoms with Crippen LogP contribution in [0.4, 0.5) is 0 Å². The first-order valence-corrected chi connectivity index (χ1v) is 9.66. The number of carbonyl (C=O) groups is 1. The summed E-state index contributed by atoms with van der Waals surface area (Å²) in [5.41, 5.74) is 1.48. The van der Waals surface area contributed by atoms with E-state index >= 15 is 0 Å². The van der Waals surface area contributed by atoms with E-state index in [1.54, 1.807) is 30.5 Å². The first-order valence-electron chi connectivity index (χ1n) is 9.66. The van der Waals surface area contributed by atoms with E-state index in [0.29, 0.717) is 11.4 Å². The van der Waals surface area contributed by atoms with Crippen LogP contribution >= 0.6 is 0 Å². The Balaban J connectivity index is 2.20. The molecule has 0 saturated heterocycles. The third-order valence-electron chi connectivity index (χ3n) is 4.80. The van der Waals surface area contributed by atoms with Crippen molar-refractivity contribution >= 4 is 17.7 Å². The molecular weight excluding hydrogens is 394 g/mol. The Hall–Kier alpha value is -3.92. The van der Waals surface area contributed by atoms with Crippen LogP contribution in [0, 0.1) is 18.3 Å². The van der Waals surface area contributed by atoms with Gasteiger partial charge in [-0.05, 0) is 47.7 Å². The van der Waals surface area contributed by atoms with E-state index in [-0.39, 0.29) is 22.4 Å². The molecule has 158 valence electrons. The first-order chi connectivity index (χ1) is 14.7. The van der Waals surface area contributed by atoms with Gasteiger partial charge in [0.1, 0.15) is 28.6 Å². The van der Waals surface area contributed by atoms with E-state index in [0.717, 1.165) is 24.3 Å². The highest BCUT2D eigenvalue weighted by molar-refractivity contribution is 5.98. The Morgan fingerprint density at radius 1 is 1.19 bits per heavy atom. The van der Waals surface area contributed by atoms with Crippen molar-refractivity contribution in [2.45, 2.75) is 33.1 Å². The lowest BCUT2D eigenvalue weighted by Gasteiger charge is -2.19. The van der Waals surface area contributed by atoms with Crippen molar-refractivity contribution < 1.29 is 14.3 Å². The Morgan fingerprint density at radius 2 is 1.87 bits per heavy atom. The molecule has 0 saturated carbocycles. The summed E-state index contributed by atoms with van der Waals surface area (Å²) in [6.45, 7) is 8.15. The number of pyridine rings is 1. The summed E-state index contributed by atoms with van der Waals surface area (Å²) >= 11 is 0. The number of esters is 1. The Kier molecular flexibility index (Phi) is 5.93. The van der Waals surface area contributed by atoms with Gasteiger partial charge in [-0.25, -0.2) is 4.79 Å². The molecule has 0 N–H and O–H groups in total. The fraction of sp³-hybridized carbons (Fsp3) is 0.250. The molecule has 2 heterocycles. The second-order valence-corrected chi connectivity index (χ2v) is 8.06. The molecule has 3 rings (SSSR count). The summed E-state index contributed by atoms with van der Waals surface area (Å²) in [6, 6.07) is 12.8. The van der Waals surface area contributed by atoms with E-state index < -0.39 is 11.5 Å². The lowest BCUT2D eigenvalue weighted by Crippen LogP contribution is -2.20. The molecule has 0 unspecified atom stereocenters. The molecule has 0 radical (unpaired) electrons. The standard InChI is InChI=1S/C24H23N3O4/c1-15-7-6-12-27-20(15)26-21(19(22(27)28)13-16(14-25)23(29)30-5)31-18-10-8-17(9-11-18)24(2,3)4/h6-13H,1-5H3. The second-order valence-electron chi connectivity index (χ2n) is 8.06. The monoisotopic (exact) mass is 417 g/mol. The maximum absolute atomic E-state index is 13.2. The normalized spacial score (nSPS) is 11.8. The number of ether oxygens (including phenoxy) is 2. The highest BCUT2D eigenvalue weighted by Gasteiger charge is 2.19. The van der Waals surface area contributed by atoms with Crippen LogP contribution < -0.4 is 10.3 Å². The number of nitrogens with zero attached hydrogens (tertiary/aromatic N) is 3. The SMILES string of the molecule is COC(=O)C(C#N)=Cc1c(Oc2ccc(C(C)(C)C)cc2)nc2c(C)cccn2c1=O. The van der Waals surface area contributed by atoms with Gasteiger partial charge in [0, 0.05) is 6.20 Å². The number of hydrogen-bond acceptors (Lipinski definition) is 6. The minimum Gasteiger partial charge on any atom is -0.465 e. The first kappa shape index (κ1) is 21.8. The summed E-state index contributed by atoms with van der Waals surface area (Å²) < 4.78 is 11.9. The van der Waals surface area contributed by atoms with Gasteiger partial charge >= 0.3 is 5.97 Å². The third-order valence-corrected chi connectivity index (χ3v) is 4.80. The minimum absolute atomic E-state index is 0.000498. The number of nitriles is 1. The Bertz CT molecular complexity index is 1270. The molecule has 0 aliphatic rings. The van der Waals surface area contributed by atoms with Crippen molar-refractivity contribution in [1.82, 2.24) is 9.38 Å². The molecule has 2 aromatic heterocycles. The average molecular weight is 417 g/mol. The number of benzene rings is 1. The number of methoxy groups -OCH3 is 1. The number of hydrogen-bond donors (Lipinski definition) is 0. The van der Waals surface area contributed by atoms with E-state index in [2.05, 4.69) is 30.5 Å². The summed E-state index contributed by atoms with van der Waals surface area (Å²) in [7, 11) is 1.16. The van der Waals surface area contributed by atoms with Gasteiger partial charge in [0.05, 0.1) is 7.11 Å². The molecule has 0 amide bonds. The molecule has 7 heteroatoms. The summed E-state index contributed by atoms with van der Waals surface area (Å²) in [5, 5.41) is 9.34. The summed E-state index contributed by atoms with van der Waals surface area (Å²) in [6.07, 6.45) is 2.72. The predicted molar refractivity (Wildman–Crippen MR) is 117 cm³/mol. The van der Waals surface area contributed by atoms with Gasteiger partial charge in [0.2, 0.25) is 5.88 Å². The average Bonchev–Trinajstić information content (AvgIpc) is 2.73. The molecule has 0 bridgehead atoms. The Morgan fingerprint density at radius 3 is 2.45 bits per heavy atom. The zero-order valence-electron chi connectivity index (χ0n) is 18.1. The minimum atomic E-state index is -0.850. The van der Waals surface area contributed by atoms with E-state index in [1.165, 1.54) is 4.40 Å². The third kappa shape index (κ3) is 4.48. The lowest BCUT2D eigenvalue weighted by atomic mass is 9.87. The van der Waals surface area contributed by atoms with Gasteiger partial charge in [-0.15, -0.1) is 0 Å². The molecule has 0 fully saturated rings. The quantitative estimate of drug-likeness (QED) is 0.359. The van der Waals surface area contributed by atoms with Crippen molar-refractivity contribution in [3.63, 3.8) is 0 Å². The largest absolute Gasteiger partial charge is 0.465 e. The van der Waals surface area contributed by atoms with Crippen LogP contribution in [0.5, 0.6) is 11.6 Å². The topological polar surface area (TPSA) is 93.7 Å². The number of carbonyl (C=O) groups excluding carboxylic acids is 1. The van der Waals surface area contributed by atoms with Crippen LogP contribution in [0.1, 0.15) is 37.5 Å². The second kappa shape index (κ2) is 8.44. The lowest BCUT2D eigenvalue weighted by molar-refractivity contribution is -0.135. The summed E-state index contributed by atoms with van der Waals surface area (Å²) in [5.74, 6) is -0.375. The Labute approximate surface area is 180 Å². The number of aryl methyl sites for hydroxylation is 1. The molecule has 31 heavy (non-hydrogen) atoms. The highest BCUT2D eigenvalue weighted by atomic mass is 16.5. The fourth-order valence-electron chi connectivity index (χ4n) is 3.02. The molecular formula is C24H23N3O4. The highest BCUT2D eigenvalue weighted by Crippen LogP contribution is 2.28. The molecule has 0 spiro atoms. The maximum Gasteiger partial charge on any atom is 0.348 e. The van der Waals surface area contributed by atoms with E-state index in [4.69, 9.17) is 4.74 Å². The molecule has 0 aliphatic carbocycles. The summed E-state index contributed by atoms with van der Waals surface area (Å²) in [4.78, 5) is 29.6. The fourth-order valence-corrected chi connectivity index (χ4v) is 3.02. The van der Waals surface area contributed by atoms with E-state index in [9.17, 15) is 14.9 Å². The van der Waals surface area contributed by atoms with Crippen molar-refractivity contribution in [3.8, 4) is 17.7 Å². The maximum atomic E-state index is 13.2. The van der Waals surface area contributed by atoms with Crippen LogP contribution in [0.25, 0.3) is 11.7 Å². The predicted octanol–water partition coefficient (Wildman–Crippen LogP) is 4.17. The number of rotatable bonds is 4. The van der Waals surface area contributed by atoms with Crippen LogP contribution in [-0.2, 0) is 14.9 Å². The van der Waals surface area contributed by atoms with E-state index in [1.807, 2.05) is 25.1 Å². The molecule has 0 aliphatic heterocycles. The smallest absolute Gasteiger partial charge is 0.348 e. The van der Waals surface area contributed by atoms with Crippen LogP contribution in [-0.4, -0.2) is 22.5 Å². The molecule has 3 aromatic rings. The van der Waals surface area contributed by atoms with Crippen molar-refractivity contribution in [1.29, 1.82) is 5.26 Å². The molecule has 1 aromatic carbocycles. The zero-order chi connectivity index (χ0) is 22.8. The van der Waals surface area contributed by atoms with Gasteiger partial charge in [0.25, 0.3) is 5.56 Å². The van der Waals surface area contributed by atoms with Crippen molar-refractivity contribution in [2.24, 2.45) is 0 Å². The van der Waals surface area contributed by atoms with Gasteiger partial charge in [-0.1, -0.05) is 39.0 Å². The van der Waals surface area contributed by atoms with Crippen molar-refractivity contribution in [3.05, 3.63) is 75.2 Å². The van der Waals surface area contributed by atoms with Crippen molar-refractivity contribution in [2.75, 3.05) is 7.11 Å². The van der Waals surface area contributed by atoms with Crippen LogP contribution in [0.2, 0.25) is 0 Å². The zero-order valence-corrected chi connectivity index (χ0v) is 18.1. The van der Waals surface area contributed by atoms with Gasteiger partial charge in [-0.2, -0.15) is 10.2 Å². The van der Waals surface area contributed by atoms with Gasteiger partial charge in [-0.3, -0.25) is 9.20 Å².